The molecule has 0 heterocycles. The molecular weight excluding hydrogens is 838 g/mol. The lowest BCUT2D eigenvalue weighted by molar-refractivity contribution is -0.161. The van der Waals surface area contributed by atoms with Crippen molar-refractivity contribution in [3.05, 3.63) is 97.2 Å². The van der Waals surface area contributed by atoms with Crippen molar-refractivity contribution in [3.8, 4) is 0 Å². The molecule has 62 heavy (non-hydrogen) atoms. The van der Waals surface area contributed by atoms with Gasteiger partial charge in [-0.05, 0) is 96.3 Å². The molecule has 0 aliphatic carbocycles. The molecule has 14 nitrogen and oxygen atoms in total. The van der Waals surface area contributed by atoms with Gasteiger partial charge in [0.2, 0.25) is 0 Å². The van der Waals surface area contributed by atoms with E-state index < -0.39 is 66.2 Å². The predicted octanol–water partition coefficient (Wildman–Crippen LogP) is 10.3. The number of allylic oxidation sites excluding steroid dienone is 16. The van der Waals surface area contributed by atoms with Gasteiger partial charge in [-0.25, -0.2) is 9.13 Å². The third kappa shape index (κ3) is 45.0. The number of unbranched alkanes of at least 4 members (excludes halogenated alkanes) is 8. The molecule has 0 aromatic rings. The Hall–Kier alpha value is -3.00. The monoisotopic (exact) mass is 914 g/mol. The first kappa shape index (κ1) is 59.0. The highest BCUT2D eigenvalue weighted by atomic mass is 31.2. The maximum absolute atomic E-state index is 12.7. The van der Waals surface area contributed by atoms with Gasteiger partial charge in [-0.1, -0.05) is 123 Å². The molecule has 0 aromatic carbocycles. The van der Waals surface area contributed by atoms with Crippen molar-refractivity contribution in [2.45, 2.75) is 148 Å². The summed E-state index contributed by atoms with van der Waals surface area (Å²) in [5.74, 6) is -1.15. The van der Waals surface area contributed by atoms with Crippen LogP contribution in [0.1, 0.15) is 135 Å². The highest BCUT2D eigenvalue weighted by Gasteiger charge is 2.28. The van der Waals surface area contributed by atoms with Crippen molar-refractivity contribution in [2.24, 2.45) is 0 Å². The van der Waals surface area contributed by atoms with E-state index in [1.165, 1.54) is 0 Å². The van der Waals surface area contributed by atoms with Crippen LogP contribution in [0.2, 0.25) is 0 Å². The van der Waals surface area contributed by atoms with Crippen molar-refractivity contribution < 1.29 is 66.7 Å². The van der Waals surface area contributed by atoms with Gasteiger partial charge in [0, 0.05) is 19.4 Å². The average Bonchev–Trinajstić information content (AvgIpc) is 3.23. The molecule has 0 aromatic heterocycles. The number of hydrogen-bond acceptors (Lipinski definition) is 11. The first-order valence-electron chi connectivity index (χ1n) is 22.0. The molecular formula is C46H76O14P2. The number of phosphoric acid groups is 2. The molecule has 3 atom stereocenters. The van der Waals surface area contributed by atoms with Crippen molar-refractivity contribution in [3.63, 3.8) is 0 Å². The molecule has 0 rings (SSSR count). The Morgan fingerprint density at radius 2 is 0.919 bits per heavy atom. The van der Waals surface area contributed by atoms with E-state index in [4.69, 9.17) is 28.9 Å². The standard InChI is InChI=1S/C46H76O14P2/c1-2-3-4-5-6-7-8-9-10-12-16-19-22-25-28-31-34-37-46(50)60-44(42-59-62(54,55)58-40-43(48)39-57-61(51,52)53)41-56-45(49)36-33-30-27-24-21-18-15-13-11-14-17-20-23-26-29-32-35-38-47/h3-4,6-7,9-11,14-16,18-20,23-24,27,43-44,47-48H,2,5,8,12-13,17,21-22,25-26,28-42H2,1H3,(H,54,55)(H2,51,52,53)/b4-3-,7-6-,10-9-,14-11-,18-15-,19-16-,23-20-,27-24-/t43-,44+/m0/s1. The highest BCUT2D eigenvalue weighted by Crippen LogP contribution is 2.43. The Morgan fingerprint density at radius 1 is 0.500 bits per heavy atom. The van der Waals surface area contributed by atoms with Gasteiger partial charge >= 0.3 is 27.6 Å². The van der Waals surface area contributed by atoms with E-state index in [9.17, 15) is 28.7 Å². The first-order valence-corrected chi connectivity index (χ1v) is 25.1. The summed E-state index contributed by atoms with van der Waals surface area (Å²) in [6.45, 7) is -0.461. The summed E-state index contributed by atoms with van der Waals surface area (Å²) in [7, 11) is -9.72. The van der Waals surface area contributed by atoms with Crippen LogP contribution in [0, 0.1) is 0 Å². The molecule has 0 saturated carbocycles. The molecule has 0 aliphatic rings. The summed E-state index contributed by atoms with van der Waals surface area (Å²) in [5, 5.41) is 18.5. The average molecular weight is 915 g/mol. The van der Waals surface area contributed by atoms with Gasteiger partial charge in [0.15, 0.2) is 6.10 Å². The summed E-state index contributed by atoms with van der Waals surface area (Å²) >= 11 is 0. The maximum atomic E-state index is 12.7. The number of aliphatic hydroxyl groups is 2. The van der Waals surface area contributed by atoms with Crippen LogP contribution in [0.3, 0.4) is 0 Å². The van der Waals surface area contributed by atoms with Gasteiger partial charge in [0.05, 0.1) is 19.8 Å². The van der Waals surface area contributed by atoms with E-state index >= 15 is 0 Å². The van der Waals surface area contributed by atoms with Gasteiger partial charge < -0.3 is 34.4 Å². The summed E-state index contributed by atoms with van der Waals surface area (Å²) in [6, 6.07) is 0. The van der Waals surface area contributed by atoms with Gasteiger partial charge in [-0.3, -0.25) is 23.2 Å². The third-order valence-electron chi connectivity index (χ3n) is 8.50. The molecule has 0 amide bonds. The van der Waals surface area contributed by atoms with Gasteiger partial charge in [0.1, 0.15) is 12.7 Å². The number of carbonyl (C=O) groups is 2. The number of hydrogen-bond donors (Lipinski definition) is 5. The largest absolute Gasteiger partial charge is 0.472 e. The third-order valence-corrected chi connectivity index (χ3v) is 9.94. The van der Waals surface area contributed by atoms with Crippen molar-refractivity contribution in [1.29, 1.82) is 0 Å². The zero-order chi connectivity index (χ0) is 45.8. The zero-order valence-electron chi connectivity index (χ0n) is 36.9. The van der Waals surface area contributed by atoms with E-state index in [2.05, 4.69) is 101 Å². The fourth-order valence-electron chi connectivity index (χ4n) is 5.19. The summed E-state index contributed by atoms with van der Waals surface area (Å²) < 4.78 is 47.7. The Morgan fingerprint density at radius 3 is 1.42 bits per heavy atom. The second-order valence-electron chi connectivity index (χ2n) is 14.3. The quantitative estimate of drug-likeness (QED) is 0.0167. The SMILES string of the molecule is CC/C=C\C/C=C\C/C=C\C/C=C\CCCCCCC(=O)O[C@H](COC(=O)CCC/C=C\C/C=C\C/C=C\C/C=C\CCCCCO)COP(=O)(O)OC[C@@H](O)COP(=O)(O)O. The smallest absolute Gasteiger partial charge is 0.462 e. The van der Waals surface area contributed by atoms with Crippen LogP contribution in [0.4, 0.5) is 0 Å². The van der Waals surface area contributed by atoms with Crippen molar-refractivity contribution >= 4 is 27.6 Å². The fraction of sp³-hybridized carbons (Fsp3) is 0.609. The van der Waals surface area contributed by atoms with E-state index in [-0.39, 0.29) is 19.4 Å². The van der Waals surface area contributed by atoms with Crippen molar-refractivity contribution in [1.82, 2.24) is 0 Å². The normalized spacial score (nSPS) is 14.9. The minimum atomic E-state index is -4.88. The highest BCUT2D eigenvalue weighted by molar-refractivity contribution is 7.47. The lowest BCUT2D eigenvalue weighted by Gasteiger charge is -2.20. The minimum Gasteiger partial charge on any atom is -0.462 e. The summed E-state index contributed by atoms with van der Waals surface area (Å²) in [6.07, 6.45) is 47.0. The van der Waals surface area contributed by atoms with Crippen LogP contribution in [0.15, 0.2) is 97.2 Å². The summed E-state index contributed by atoms with van der Waals surface area (Å²) in [4.78, 5) is 52.7. The second kappa shape index (κ2) is 42.0. The Balaban J connectivity index is 4.66. The molecule has 16 heteroatoms. The molecule has 0 bridgehead atoms. The van der Waals surface area contributed by atoms with E-state index in [0.717, 1.165) is 96.3 Å². The van der Waals surface area contributed by atoms with E-state index in [1.807, 2.05) is 12.2 Å². The van der Waals surface area contributed by atoms with Crippen LogP contribution in [0.25, 0.3) is 0 Å². The van der Waals surface area contributed by atoms with Crippen LogP contribution in [-0.4, -0.2) is 82.1 Å². The Bertz CT molecular complexity index is 1460. The van der Waals surface area contributed by atoms with Crippen LogP contribution in [-0.2, 0) is 41.8 Å². The second-order valence-corrected chi connectivity index (χ2v) is 17.0. The topological polar surface area (TPSA) is 216 Å². The molecule has 0 fully saturated rings. The number of carbonyl (C=O) groups excluding carboxylic acids is 2. The molecule has 0 spiro atoms. The summed E-state index contributed by atoms with van der Waals surface area (Å²) in [5.41, 5.74) is 0. The molecule has 0 radical (unpaired) electrons. The van der Waals surface area contributed by atoms with E-state index in [0.29, 0.717) is 19.3 Å². The molecule has 0 saturated heterocycles. The van der Waals surface area contributed by atoms with Crippen LogP contribution >= 0.6 is 15.6 Å². The van der Waals surface area contributed by atoms with Crippen molar-refractivity contribution in [2.75, 3.05) is 33.0 Å². The first-order chi connectivity index (χ1) is 29.9. The number of ether oxygens (including phenoxy) is 2. The Labute approximate surface area is 371 Å². The number of rotatable bonds is 41. The molecule has 354 valence electrons. The Kier molecular flexibility index (Phi) is 39.9. The minimum absolute atomic E-state index is 0.0804. The number of aliphatic hydroxyl groups excluding tert-OH is 2. The lowest BCUT2D eigenvalue weighted by Crippen LogP contribution is -2.30. The van der Waals surface area contributed by atoms with Gasteiger partial charge in [0.25, 0.3) is 0 Å². The molecule has 0 aliphatic heterocycles. The van der Waals surface area contributed by atoms with Crippen LogP contribution in [0.5, 0.6) is 0 Å². The number of phosphoric ester groups is 2. The van der Waals surface area contributed by atoms with E-state index in [1.54, 1.807) is 0 Å². The van der Waals surface area contributed by atoms with Gasteiger partial charge in [-0.2, -0.15) is 0 Å². The zero-order valence-corrected chi connectivity index (χ0v) is 38.7. The predicted molar refractivity (Wildman–Crippen MR) is 245 cm³/mol. The molecule has 5 N–H and O–H groups in total. The lowest BCUT2D eigenvalue weighted by atomic mass is 10.1. The van der Waals surface area contributed by atoms with Crippen LogP contribution < -0.4 is 0 Å². The maximum Gasteiger partial charge on any atom is 0.472 e. The fourth-order valence-corrected chi connectivity index (χ4v) is 6.35. The molecule has 1 unspecified atom stereocenters. The van der Waals surface area contributed by atoms with Gasteiger partial charge in [-0.15, -0.1) is 0 Å². The number of esters is 2.